The number of alkyl halides is 2. The first-order valence-corrected chi connectivity index (χ1v) is 12.3. The molecule has 2 amide bonds. The van der Waals surface area contributed by atoms with Gasteiger partial charge in [0.15, 0.2) is 0 Å². The van der Waals surface area contributed by atoms with E-state index in [4.69, 9.17) is 9.47 Å². The lowest BCUT2D eigenvalue weighted by molar-refractivity contribution is -0.00179. The summed E-state index contributed by atoms with van der Waals surface area (Å²) in [5, 5.41) is 0. The van der Waals surface area contributed by atoms with Crippen LogP contribution < -0.4 is 0 Å². The van der Waals surface area contributed by atoms with Crippen molar-refractivity contribution in [2.24, 2.45) is 17.3 Å². The van der Waals surface area contributed by atoms with E-state index in [0.717, 1.165) is 24.8 Å². The molecule has 2 heterocycles. The molecule has 1 aromatic rings. The highest BCUT2D eigenvalue weighted by Gasteiger charge is 2.83. The number of nitrogens with zero attached hydrogens (tertiary/aromatic N) is 2. The zero-order chi connectivity index (χ0) is 24.6. The average Bonchev–Trinajstić information content (AvgIpc) is 3.07. The van der Waals surface area contributed by atoms with Gasteiger partial charge in [-0.2, -0.15) is 0 Å². The molecule has 0 spiro atoms. The number of piperidine rings is 2. The number of amides is 2. The van der Waals surface area contributed by atoms with Crippen molar-refractivity contribution in [3.63, 3.8) is 0 Å². The Hall–Kier alpha value is -2.38. The highest BCUT2D eigenvalue weighted by atomic mass is 19.3. The number of halogens is 2. The summed E-state index contributed by atoms with van der Waals surface area (Å²) in [6.07, 6.45) is 2.91. The first-order chi connectivity index (χ1) is 16.0. The summed E-state index contributed by atoms with van der Waals surface area (Å²) in [6, 6.07) is 9.58. The zero-order valence-electron chi connectivity index (χ0n) is 20.4. The second kappa shape index (κ2) is 9.34. The first kappa shape index (κ1) is 24.7. The number of fused-ring (bicyclic) bond motifs is 1. The molecule has 2 atom stereocenters. The van der Waals surface area contributed by atoms with Crippen LogP contribution in [-0.4, -0.2) is 59.7 Å². The van der Waals surface area contributed by atoms with Crippen molar-refractivity contribution in [1.29, 1.82) is 0 Å². The minimum Gasteiger partial charge on any atom is -0.445 e. The Balaban J connectivity index is 1.18. The largest absolute Gasteiger partial charge is 0.445 e. The fraction of sp³-hybridized carbons (Fsp3) is 0.692. The van der Waals surface area contributed by atoms with E-state index < -0.39 is 28.9 Å². The standard InChI is InChI=1S/C26H36F2N2O4/c1-24(2,3)34-23(32)30-16-21-25(18-30,26(21,27)28)13-7-10-19-11-14-29(15-12-19)22(31)33-17-20-8-5-4-6-9-20/h4-6,8-9,19,21H,7,10-18H2,1-3H3. The minimum absolute atomic E-state index is 0.0747. The molecule has 0 radical (unpaired) electrons. The van der Waals surface area contributed by atoms with Gasteiger partial charge in [-0.15, -0.1) is 0 Å². The number of hydrogen-bond donors (Lipinski definition) is 0. The van der Waals surface area contributed by atoms with Crippen LogP contribution in [-0.2, 0) is 16.1 Å². The fourth-order valence-electron chi connectivity index (χ4n) is 5.53. The summed E-state index contributed by atoms with van der Waals surface area (Å²) < 4.78 is 39.9. The van der Waals surface area contributed by atoms with Gasteiger partial charge in [-0.25, -0.2) is 18.4 Å². The lowest BCUT2D eigenvalue weighted by atomic mass is 9.88. The van der Waals surface area contributed by atoms with Crippen LogP contribution in [0.3, 0.4) is 0 Å². The molecule has 3 fully saturated rings. The van der Waals surface area contributed by atoms with Crippen LogP contribution in [0.5, 0.6) is 0 Å². The van der Waals surface area contributed by atoms with Crippen molar-refractivity contribution in [3.05, 3.63) is 35.9 Å². The summed E-state index contributed by atoms with van der Waals surface area (Å²) in [6.45, 7) is 7.01. The van der Waals surface area contributed by atoms with Gasteiger partial charge in [0.2, 0.25) is 0 Å². The van der Waals surface area contributed by atoms with E-state index in [1.54, 1.807) is 25.7 Å². The van der Waals surface area contributed by atoms with Crippen molar-refractivity contribution >= 4 is 12.2 Å². The van der Waals surface area contributed by atoms with Crippen LogP contribution >= 0.6 is 0 Å². The predicted molar refractivity (Wildman–Crippen MR) is 123 cm³/mol. The second-order valence-corrected chi connectivity index (χ2v) is 11.1. The number of rotatable bonds is 6. The third-order valence-corrected chi connectivity index (χ3v) is 7.53. The minimum atomic E-state index is -2.70. The number of likely N-dealkylation sites (tertiary alicyclic amines) is 2. The lowest BCUT2D eigenvalue weighted by Crippen LogP contribution is -2.40. The van der Waals surface area contributed by atoms with Gasteiger partial charge in [-0.05, 0) is 51.5 Å². The Morgan fingerprint density at radius 3 is 2.38 bits per heavy atom. The monoisotopic (exact) mass is 478 g/mol. The maximum Gasteiger partial charge on any atom is 0.410 e. The molecular formula is C26H36F2N2O4. The molecule has 1 aliphatic carbocycles. The van der Waals surface area contributed by atoms with E-state index in [2.05, 4.69) is 0 Å². The van der Waals surface area contributed by atoms with Gasteiger partial charge >= 0.3 is 12.2 Å². The number of ether oxygens (including phenoxy) is 2. The average molecular weight is 479 g/mol. The summed E-state index contributed by atoms with van der Waals surface area (Å²) in [7, 11) is 0. The van der Waals surface area contributed by atoms with Gasteiger partial charge in [0.25, 0.3) is 5.92 Å². The Bertz CT molecular complexity index is 881. The number of hydrogen-bond acceptors (Lipinski definition) is 4. The van der Waals surface area contributed by atoms with Gasteiger partial charge in [-0.3, -0.25) is 0 Å². The van der Waals surface area contributed by atoms with Crippen LogP contribution in [0.25, 0.3) is 0 Å². The molecule has 3 aliphatic rings. The molecule has 0 aromatic heterocycles. The first-order valence-electron chi connectivity index (χ1n) is 12.3. The van der Waals surface area contributed by atoms with Gasteiger partial charge in [0, 0.05) is 26.2 Å². The Kier molecular flexibility index (Phi) is 6.80. The van der Waals surface area contributed by atoms with Crippen molar-refractivity contribution in [2.45, 2.75) is 71.0 Å². The third kappa shape index (κ3) is 5.15. The predicted octanol–water partition coefficient (Wildman–Crippen LogP) is 5.71. The molecule has 4 rings (SSSR count). The Morgan fingerprint density at radius 1 is 1.06 bits per heavy atom. The lowest BCUT2D eigenvalue weighted by Gasteiger charge is -2.31. The fourth-order valence-corrected chi connectivity index (χ4v) is 5.53. The van der Waals surface area contributed by atoms with Crippen LogP contribution in [0.4, 0.5) is 18.4 Å². The SMILES string of the molecule is CC(C)(C)OC(=O)N1CC2C(F)(F)C2(CCCC2CCN(C(=O)OCc3ccccc3)CC2)C1. The Morgan fingerprint density at radius 2 is 1.74 bits per heavy atom. The van der Waals surface area contributed by atoms with E-state index in [0.29, 0.717) is 31.8 Å². The van der Waals surface area contributed by atoms with Crippen LogP contribution in [0.15, 0.2) is 30.3 Å². The van der Waals surface area contributed by atoms with Gasteiger partial charge < -0.3 is 19.3 Å². The molecule has 0 bridgehead atoms. The molecule has 2 aliphatic heterocycles. The molecule has 0 N–H and O–H groups in total. The van der Waals surface area contributed by atoms with E-state index in [9.17, 15) is 18.4 Å². The molecule has 1 saturated carbocycles. The second-order valence-electron chi connectivity index (χ2n) is 11.1. The van der Waals surface area contributed by atoms with Gasteiger partial charge in [0.05, 0.1) is 11.3 Å². The maximum atomic E-state index is 14.5. The summed E-state index contributed by atoms with van der Waals surface area (Å²) >= 11 is 0. The van der Waals surface area contributed by atoms with Crippen molar-refractivity contribution < 1.29 is 27.8 Å². The van der Waals surface area contributed by atoms with E-state index in [1.807, 2.05) is 30.3 Å². The molecule has 34 heavy (non-hydrogen) atoms. The third-order valence-electron chi connectivity index (χ3n) is 7.53. The maximum absolute atomic E-state index is 14.5. The van der Waals surface area contributed by atoms with Crippen LogP contribution in [0, 0.1) is 17.3 Å². The normalized spacial score (nSPS) is 26.2. The zero-order valence-corrected chi connectivity index (χ0v) is 20.4. The topological polar surface area (TPSA) is 59.1 Å². The number of carbonyl (C=O) groups is 2. The Labute approximate surface area is 200 Å². The molecule has 8 heteroatoms. The van der Waals surface area contributed by atoms with E-state index >= 15 is 0 Å². The van der Waals surface area contributed by atoms with E-state index in [1.165, 1.54) is 4.90 Å². The molecule has 6 nitrogen and oxygen atoms in total. The van der Waals surface area contributed by atoms with Gasteiger partial charge in [-0.1, -0.05) is 43.2 Å². The van der Waals surface area contributed by atoms with Gasteiger partial charge in [0.1, 0.15) is 12.2 Å². The van der Waals surface area contributed by atoms with Crippen molar-refractivity contribution in [3.8, 4) is 0 Å². The number of carbonyl (C=O) groups excluding carboxylic acids is 2. The summed E-state index contributed by atoms with van der Waals surface area (Å²) in [5.41, 5.74) is -0.772. The number of benzene rings is 1. The highest BCUT2D eigenvalue weighted by molar-refractivity contribution is 5.69. The molecule has 1 aromatic carbocycles. The molecule has 2 saturated heterocycles. The quantitative estimate of drug-likeness (QED) is 0.526. The van der Waals surface area contributed by atoms with Crippen LogP contribution in [0.1, 0.15) is 58.4 Å². The molecular weight excluding hydrogens is 442 g/mol. The van der Waals surface area contributed by atoms with Crippen molar-refractivity contribution in [1.82, 2.24) is 9.80 Å². The van der Waals surface area contributed by atoms with Crippen molar-refractivity contribution in [2.75, 3.05) is 26.2 Å². The molecule has 188 valence electrons. The smallest absolute Gasteiger partial charge is 0.410 e. The van der Waals surface area contributed by atoms with E-state index in [-0.39, 0.29) is 25.8 Å². The summed E-state index contributed by atoms with van der Waals surface area (Å²) in [4.78, 5) is 27.9. The molecule has 2 unspecified atom stereocenters. The summed E-state index contributed by atoms with van der Waals surface area (Å²) in [5.74, 6) is -3.03. The van der Waals surface area contributed by atoms with Crippen LogP contribution in [0.2, 0.25) is 0 Å². The highest BCUT2D eigenvalue weighted by Crippen LogP contribution is 2.71.